The summed E-state index contributed by atoms with van der Waals surface area (Å²) in [5.41, 5.74) is 1.18. The van der Waals surface area contributed by atoms with Crippen molar-refractivity contribution in [2.24, 2.45) is 5.92 Å². The van der Waals surface area contributed by atoms with Crippen LogP contribution in [0.5, 0.6) is 11.5 Å². The summed E-state index contributed by atoms with van der Waals surface area (Å²) >= 11 is 0. The molecule has 0 radical (unpaired) electrons. The molecule has 1 aromatic carbocycles. The zero-order chi connectivity index (χ0) is 13.8. The van der Waals surface area contributed by atoms with Gasteiger partial charge in [0.25, 0.3) is 0 Å². The topological polar surface area (TPSA) is 39.7 Å². The van der Waals surface area contributed by atoms with Crippen molar-refractivity contribution in [2.75, 3.05) is 27.9 Å². The van der Waals surface area contributed by atoms with Crippen molar-refractivity contribution in [1.29, 1.82) is 0 Å². The van der Waals surface area contributed by atoms with Gasteiger partial charge in [0.1, 0.15) is 11.5 Å². The van der Waals surface area contributed by atoms with E-state index in [1.807, 2.05) is 13.1 Å². The third-order valence-electron chi connectivity index (χ3n) is 3.91. The Hall–Kier alpha value is -1.26. The molecule has 1 heterocycles. The highest BCUT2D eigenvalue weighted by Crippen LogP contribution is 2.36. The van der Waals surface area contributed by atoms with E-state index in [9.17, 15) is 0 Å². The molecule has 4 nitrogen and oxygen atoms in total. The van der Waals surface area contributed by atoms with Crippen LogP contribution in [0.3, 0.4) is 0 Å². The summed E-state index contributed by atoms with van der Waals surface area (Å²) in [5, 5.41) is 3.40. The van der Waals surface area contributed by atoms with Crippen LogP contribution in [0.1, 0.15) is 24.9 Å². The highest BCUT2D eigenvalue weighted by Gasteiger charge is 2.32. The Morgan fingerprint density at radius 3 is 2.26 bits per heavy atom. The molecule has 0 bridgehead atoms. The van der Waals surface area contributed by atoms with Gasteiger partial charge in [0.05, 0.1) is 20.3 Å². The van der Waals surface area contributed by atoms with Gasteiger partial charge in [0.2, 0.25) is 0 Å². The largest absolute Gasteiger partial charge is 0.497 e. The molecule has 2 rings (SSSR count). The summed E-state index contributed by atoms with van der Waals surface area (Å²) in [7, 11) is 5.34. The predicted octanol–water partition coefficient (Wildman–Crippen LogP) is 2.39. The highest BCUT2D eigenvalue weighted by atomic mass is 16.5. The quantitative estimate of drug-likeness (QED) is 0.887. The van der Waals surface area contributed by atoms with Crippen LogP contribution in [0.15, 0.2) is 18.2 Å². The van der Waals surface area contributed by atoms with Crippen molar-refractivity contribution in [1.82, 2.24) is 5.32 Å². The van der Waals surface area contributed by atoms with E-state index in [1.54, 1.807) is 14.2 Å². The van der Waals surface area contributed by atoms with Gasteiger partial charge in [-0.2, -0.15) is 0 Å². The molecule has 0 saturated carbocycles. The first-order valence-electron chi connectivity index (χ1n) is 6.71. The monoisotopic (exact) mass is 265 g/mol. The Balaban J connectivity index is 2.31. The third kappa shape index (κ3) is 3.01. The fourth-order valence-corrected chi connectivity index (χ4v) is 2.82. The minimum Gasteiger partial charge on any atom is -0.497 e. The van der Waals surface area contributed by atoms with E-state index < -0.39 is 0 Å². The Morgan fingerprint density at radius 2 is 1.84 bits per heavy atom. The Labute approximate surface area is 115 Å². The average molecular weight is 265 g/mol. The number of methoxy groups -OCH3 is 2. The molecule has 4 heteroatoms. The highest BCUT2D eigenvalue weighted by molar-refractivity contribution is 5.40. The second kappa shape index (κ2) is 6.26. The smallest absolute Gasteiger partial charge is 0.122 e. The van der Waals surface area contributed by atoms with Crippen molar-refractivity contribution in [2.45, 2.75) is 25.5 Å². The second-order valence-corrected chi connectivity index (χ2v) is 4.94. The van der Waals surface area contributed by atoms with E-state index in [1.165, 1.54) is 5.56 Å². The molecular weight excluding hydrogens is 242 g/mol. The first-order chi connectivity index (χ1) is 9.19. The van der Waals surface area contributed by atoms with Gasteiger partial charge >= 0.3 is 0 Å². The fraction of sp³-hybridized carbons (Fsp3) is 0.600. The van der Waals surface area contributed by atoms with E-state index in [0.29, 0.717) is 5.92 Å². The maximum absolute atomic E-state index is 5.68. The van der Waals surface area contributed by atoms with Crippen LogP contribution in [-0.4, -0.2) is 34.0 Å². The molecule has 0 spiro atoms. The summed E-state index contributed by atoms with van der Waals surface area (Å²) < 4.78 is 16.4. The lowest BCUT2D eigenvalue weighted by Crippen LogP contribution is -2.29. The second-order valence-electron chi connectivity index (χ2n) is 4.94. The van der Waals surface area contributed by atoms with Crippen LogP contribution in [0, 0.1) is 5.92 Å². The molecule has 1 saturated heterocycles. The van der Waals surface area contributed by atoms with E-state index >= 15 is 0 Å². The van der Waals surface area contributed by atoms with Gasteiger partial charge in [0, 0.05) is 24.6 Å². The maximum atomic E-state index is 5.68. The molecule has 0 aromatic heterocycles. The van der Waals surface area contributed by atoms with Gasteiger partial charge in [-0.25, -0.2) is 0 Å². The summed E-state index contributed by atoms with van der Waals surface area (Å²) in [6, 6.07) is 6.27. The van der Waals surface area contributed by atoms with Gasteiger partial charge in [-0.3, -0.25) is 0 Å². The van der Waals surface area contributed by atoms with Gasteiger partial charge in [-0.15, -0.1) is 0 Å². The molecule has 19 heavy (non-hydrogen) atoms. The lowest BCUT2D eigenvalue weighted by Gasteiger charge is -2.26. The number of nitrogens with one attached hydrogen (secondary N) is 1. The van der Waals surface area contributed by atoms with E-state index in [0.717, 1.165) is 24.5 Å². The summed E-state index contributed by atoms with van der Waals surface area (Å²) in [6.07, 6.45) is 1.35. The first kappa shape index (κ1) is 14.2. The summed E-state index contributed by atoms with van der Waals surface area (Å²) in [6.45, 7) is 2.98. The van der Waals surface area contributed by atoms with Crippen molar-refractivity contribution in [3.63, 3.8) is 0 Å². The van der Waals surface area contributed by atoms with Crippen LogP contribution < -0.4 is 14.8 Å². The third-order valence-corrected chi connectivity index (χ3v) is 3.91. The molecule has 106 valence electrons. The molecule has 0 aliphatic carbocycles. The molecule has 3 unspecified atom stereocenters. The van der Waals surface area contributed by atoms with Crippen molar-refractivity contribution >= 4 is 0 Å². The van der Waals surface area contributed by atoms with Crippen LogP contribution in [0.25, 0.3) is 0 Å². The van der Waals surface area contributed by atoms with Crippen molar-refractivity contribution in [3.8, 4) is 11.5 Å². The first-order valence-corrected chi connectivity index (χ1v) is 6.71. The van der Waals surface area contributed by atoms with Crippen LogP contribution in [0.2, 0.25) is 0 Å². The molecular formula is C15H23NO3. The molecule has 1 fully saturated rings. The lowest BCUT2D eigenvalue weighted by atomic mass is 9.88. The maximum Gasteiger partial charge on any atom is 0.122 e. The number of hydrogen-bond donors (Lipinski definition) is 1. The summed E-state index contributed by atoms with van der Waals surface area (Å²) in [4.78, 5) is 0. The number of rotatable bonds is 5. The molecule has 3 atom stereocenters. The van der Waals surface area contributed by atoms with E-state index in [2.05, 4.69) is 24.4 Å². The standard InChI is InChI=1S/C15H23NO3/c1-10-14(5-6-19-10)15(16-2)11-7-12(17-3)9-13(8-11)18-4/h7-10,14-16H,5-6H2,1-4H3. The number of ether oxygens (including phenoxy) is 3. The number of hydrogen-bond acceptors (Lipinski definition) is 4. The molecule has 1 aliphatic heterocycles. The van der Waals surface area contributed by atoms with E-state index in [4.69, 9.17) is 14.2 Å². The van der Waals surface area contributed by atoms with Crippen LogP contribution >= 0.6 is 0 Å². The average Bonchev–Trinajstić information content (AvgIpc) is 2.85. The van der Waals surface area contributed by atoms with Crippen molar-refractivity contribution < 1.29 is 14.2 Å². The number of benzene rings is 1. The zero-order valence-electron chi connectivity index (χ0n) is 12.1. The van der Waals surface area contributed by atoms with Crippen LogP contribution in [0.4, 0.5) is 0 Å². The molecule has 1 aromatic rings. The molecule has 1 aliphatic rings. The van der Waals surface area contributed by atoms with Gasteiger partial charge in [-0.1, -0.05) is 0 Å². The zero-order valence-corrected chi connectivity index (χ0v) is 12.1. The fourth-order valence-electron chi connectivity index (χ4n) is 2.82. The predicted molar refractivity (Wildman–Crippen MR) is 74.9 cm³/mol. The van der Waals surface area contributed by atoms with Gasteiger partial charge < -0.3 is 19.5 Å². The summed E-state index contributed by atoms with van der Waals surface area (Å²) in [5.74, 6) is 2.11. The van der Waals surface area contributed by atoms with Crippen molar-refractivity contribution in [3.05, 3.63) is 23.8 Å². The van der Waals surface area contributed by atoms with E-state index in [-0.39, 0.29) is 12.1 Å². The Morgan fingerprint density at radius 1 is 1.21 bits per heavy atom. The van der Waals surface area contributed by atoms with Gasteiger partial charge in [0.15, 0.2) is 0 Å². The molecule has 1 N–H and O–H groups in total. The Kier molecular flexibility index (Phi) is 4.66. The normalized spacial score (nSPS) is 24.2. The minimum absolute atomic E-state index is 0.251. The SMILES string of the molecule is CNC(c1cc(OC)cc(OC)c1)C1CCOC1C. The van der Waals surface area contributed by atoms with Crippen LogP contribution in [-0.2, 0) is 4.74 Å². The molecule has 0 amide bonds. The lowest BCUT2D eigenvalue weighted by molar-refractivity contribution is 0.0962. The Bertz CT molecular complexity index is 400. The van der Waals surface area contributed by atoms with Gasteiger partial charge in [-0.05, 0) is 38.1 Å². The minimum atomic E-state index is 0.251.